The van der Waals surface area contributed by atoms with Gasteiger partial charge in [0, 0.05) is 17.1 Å². The second-order valence-electron chi connectivity index (χ2n) is 4.08. The molecule has 0 spiro atoms. The number of allylic oxidation sites excluding steroid dienone is 1. The van der Waals surface area contributed by atoms with Crippen LogP contribution in [0.15, 0.2) is 42.1 Å². The van der Waals surface area contributed by atoms with Gasteiger partial charge in [-0.25, -0.2) is 0 Å². The maximum absolute atomic E-state index is 11.2. The zero-order valence-corrected chi connectivity index (χ0v) is 13.0. The van der Waals surface area contributed by atoms with Crippen LogP contribution in [-0.4, -0.2) is 33.6 Å². The smallest absolute Gasteiger partial charge is 0.316 e. The molecule has 0 unspecified atom stereocenters. The summed E-state index contributed by atoms with van der Waals surface area (Å²) in [5.74, 6) is 0.590. The summed E-state index contributed by atoms with van der Waals surface area (Å²) in [6, 6.07) is 7.34. The molecule has 0 fully saturated rings. The summed E-state index contributed by atoms with van der Waals surface area (Å²) >= 11 is 7.17. The highest BCUT2D eigenvalue weighted by molar-refractivity contribution is 7.99. The first kappa shape index (κ1) is 15.6. The highest BCUT2D eigenvalue weighted by Gasteiger charge is 2.14. The minimum Gasteiger partial charge on any atom is -0.468 e. The van der Waals surface area contributed by atoms with Gasteiger partial charge >= 0.3 is 5.97 Å². The average molecular weight is 324 g/mol. The molecule has 110 valence electrons. The van der Waals surface area contributed by atoms with Crippen LogP contribution in [0.1, 0.15) is 0 Å². The van der Waals surface area contributed by atoms with E-state index in [1.807, 2.05) is 16.7 Å². The van der Waals surface area contributed by atoms with Gasteiger partial charge in [-0.05, 0) is 24.3 Å². The first-order chi connectivity index (χ1) is 10.2. The summed E-state index contributed by atoms with van der Waals surface area (Å²) in [5, 5.41) is 9.62. The minimum absolute atomic E-state index is 0.187. The van der Waals surface area contributed by atoms with Crippen molar-refractivity contribution in [3.8, 4) is 11.4 Å². The van der Waals surface area contributed by atoms with Gasteiger partial charge in [-0.15, -0.1) is 16.8 Å². The number of carbonyl (C=O) groups is 1. The molecule has 0 amide bonds. The maximum Gasteiger partial charge on any atom is 0.316 e. The van der Waals surface area contributed by atoms with Crippen molar-refractivity contribution in [2.75, 3.05) is 12.9 Å². The van der Waals surface area contributed by atoms with E-state index in [0.717, 1.165) is 5.56 Å². The summed E-state index contributed by atoms with van der Waals surface area (Å²) in [6.07, 6.45) is 1.75. The molecular formula is C14H14ClN3O2S. The summed E-state index contributed by atoms with van der Waals surface area (Å²) in [6.45, 7) is 4.29. The number of rotatable bonds is 6. The Morgan fingerprint density at radius 3 is 2.76 bits per heavy atom. The molecule has 0 saturated carbocycles. The molecule has 0 aliphatic carbocycles. The average Bonchev–Trinajstić information content (AvgIpc) is 2.89. The van der Waals surface area contributed by atoms with Crippen molar-refractivity contribution >= 4 is 29.3 Å². The molecule has 1 heterocycles. The van der Waals surface area contributed by atoms with E-state index in [1.165, 1.54) is 18.9 Å². The van der Waals surface area contributed by atoms with Crippen LogP contribution in [-0.2, 0) is 16.1 Å². The van der Waals surface area contributed by atoms with Crippen LogP contribution in [0.25, 0.3) is 11.4 Å². The number of aromatic nitrogens is 3. The van der Waals surface area contributed by atoms with Crippen molar-refractivity contribution in [2.45, 2.75) is 11.7 Å². The van der Waals surface area contributed by atoms with Crippen molar-refractivity contribution in [3.05, 3.63) is 41.9 Å². The van der Waals surface area contributed by atoms with E-state index in [2.05, 4.69) is 21.5 Å². The highest BCUT2D eigenvalue weighted by Crippen LogP contribution is 2.25. The number of carbonyl (C=O) groups excluding carboxylic acids is 1. The van der Waals surface area contributed by atoms with Gasteiger partial charge in [0.1, 0.15) is 0 Å². The first-order valence-electron chi connectivity index (χ1n) is 6.15. The van der Waals surface area contributed by atoms with E-state index in [1.54, 1.807) is 18.2 Å². The molecule has 0 bridgehead atoms. The Morgan fingerprint density at radius 2 is 2.14 bits per heavy atom. The quantitative estimate of drug-likeness (QED) is 0.464. The van der Waals surface area contributed by atoms with Gasteiger partial charge in [-0.1, -0.05) is 29.4 Å². The van der Waals surface area contributed by atoms with Crippen LogP contribution in [0.4, 0.5) is 0 Å². The fraction of sp³-hybridized carbons (Fsp3) is 0.214. The second-order valence-corrected chi connectivity index (χ2v) is 5.46. The van der Waals surface area contributed by atoms with Gasteiger partial charge in [0.15, 0.2) is 11.0 Å². The zero-order valence-electron chi connectivity index (χ0n) is 11.5. The molecule has 0 radical (unpaired) electrons. The number of hydrogen-bond acceptors (Lipinski definition) is 5. The van der Waals surface area contributed by atoms with Gasteiger partial charge in [0.2, 0.25) is 0 Å². The third kappa shape index (κ3) is 3.86. The normalized spacial score (nSPS) is 10.4. The summed E-state index contributed by atoms with van der Waals surface area (Å²) in [4.78, 5) is 11.2. The number of hydrogen-bond donors (Lipinski definition) is 0. The predicted octanol–water partition coefficient (Wildman–Crippen LogP) is 3.05. The SMILES string of the molecule is C=CCn1c(SCC(=O)OC)nnc1-c1ccc(Cl)cc1. The summed E-state index contributed by atoms with van der Waals surface area (Å²) in [7, 11) is 1.36. The number of ether oxygens (including phenoxy) is 1. The topological polar surface area (TPSA) is 57.0 Å². The lowest BCUT2D eigenvalue weighted by atomic mass is 10.2. The Kier molecular flexibility index (Phi) is 5.41. The standard InChI is InChI=1S/C14H14ClN3O2S/c1-3-8-18-13(10-4-6-11(15)7-5-10)16-17-14(18)21-9-12(19)20-2/h3-7H,1,8-9H2,2H3. The van der Waals surface area contributed by atoms with E-state index in [4.69, 9.17) is 11.6 Å². The Labute approximate surface area is 132 Å². The van der Waals surface area contributed by atoms with Crippen LogP contribution >= 0.6 is 23.4 Å². The molecule has 5 nitrogen and oxygen atoms in total. The van der Waals surface area contributed by atoms with E-state index >= 15 is 0 Å². The van der Waals surface area contributed by atoms with Crippen LogP contribution in [0.3, 0.4) is 0 Å². The van der Waals surface area contributed by atoms with E-state index in [0.29, 0.717) is 22.5 Å². The highest BCUT2D eigenvalue weighted by atomic mass is 35.5. The third-order valence-corrected chi connectivity index (χ3v) is 3.87. The van der Waals surface area contributed by atoms with Gasteiger partial charge in [-0.2, -0.15) is 0 Å². The Bertz CT molecular complexity index is 640. The molecule has 21 heavy (non-hydrogen) atoms. The van der Waals surface area contributed by atoms with Gasteiger partial charge in [0.05, 0.1) is 12.9 Å². The lowest BCUT2D eigenvalue weighted by Gasteiger charge is -2.07. The number of nitrogens with zero attached hydrogens (tertiary/aromatic N) is 3. The molecule has 0 aliphatic heterocycles. The van der Waals surface area contributed by atoms with Gasteiger partial charge in [-0.3, -0.25) is 9.36 Å². The molecule has 0 atom stereocenters. The fourth-order valence-corrected chi connectivity index (χ4v) is 2.59. The molecule has 0 N–H and O–H groups in total. The molecule has 0 aliphatic rings. The molecule has 1 aromatic heterocycles. The lowest BCUT2D eigenvalue weighted by molar-refractivity contribution is -0.137. The van der Waals surface area contributed by atoms with Crippen molar-refractivity contribution in [2.24, 2.45) is 0 Å². The second kappa shape index (κ2) is 7.28. The number of methoxy groups -OCH3 is 1. The number of benzene rings is 1. The monoisotopic (exact) mass is 323 g/mol. The van der Waals surface area contributed by atoms with Crippen molar-refractivity contribution in [1.29, 1.82) is 0 Å². The van der Waals surface area contributed by atoms with Gasteiger partial charge < -0.3 is 4.74 Å². The van der Waals surface area contributed by atoms with Crippen molar-refractivity contribution in [1.82, 2.24) is 14.8 Å². The number of thioether (sulfide) groups is 1. The summed E-state index contributed by atoms with van der Waals surface area (Å²) in [5.41, 5.74) is 0.902. The van der Waals surface area contributed by atoms with Crippen LogP contribution < -0.4 is 0 Å². The zero-order chi connectivity index (χ0) is 15.2. The minimum atomic E-state index is -0.304. The Balaban J connectivity index is 2.29. The Morgan fingerprint density at radius 1 is 1.43 bits per heavy atom. The third-order valence-electron chi connectivity index (χ3n) is 2.68. The molecule has 7 heteroatoms. The molecule has 2 aromatic rings. The Hall–Kier alpha value is -1.79. The maximum atomic E-state index is 11.2. The fourth-order valence-electron chi connectivity index (χ4n) is 1.68. The molecular weight excluding hydrogens is 310 g/mol. The molecule has 1 aromatic carbocycles. The predicted molar refractivity (Wildman–Crippen MR) is 83.4 cm³/mol. The lowest BCUT2D eigenvalue weighted by Crippen LogP contribution is -2.06. The van der Waals surface area contributed by atoms with Crippen LogP contribution in [0.5, 0.6) is 0 Å². The largest absolute Gasteiger partial charge is 0.468 e. The molecule has 2 rings (SSSR count). The molecule has 0 saturated heterocycles. The van der Waals surface area contributed by atoms with E-state index in [9.17, 15) is 4.79 Å². The van der Waals surface area contributed by atoms with E-state index in [-0.39, 0.29) is 11.7 Å². The van der Waals surface area contributed by atoms with Crippen molar-refractivity contribution in [3.63, 3.8) is 0 Å². The van der Waals surface area contributed by atoms with Crippen molar-refractivity contribution < 1.29 is 9.53 Å². The number of esters is 1. The first-order valence-corrected chi connectivity index (χ1v) is 7.51. The van der Waals surface area contributed by atoms with Crippen LogP contribution in [0.2, 0.25) is 5.02 Å². The van der Waals surface area contributed by atoms with Crippen LogP contribution in [0, 0.1) is 0 Å². The summed E-state index contributed by atoms with van der Waals surface area (Å²) < 4.78 is 6.52. The van der Waals surface area contributed by atoms with Gasteiger partial charge in [0.25, 0.3) is 0 Å². The number of halogens is 1. The van der Waals surface area contributed by atoms with E-state index < -0.39 is 0 Å².